The maximum Gasteiger partial charge on any atom is 0.418 e. The zero-order chi connectivity index (χ0) is 33.4. The Morgan fingerprint density at radius 2 is 1.87 bits per heavy atom. The molecule has 1 aromatic carbocycles. The highest BCUT2D eigenvalue weighted by Crippen LogP contribution is 2.37. The lowest BCUT2D eigenvalue weighted by Gasteiger charge is -2.41. The third kappa shape index (κ3) is 7.20. The van der Waals surface area contributed by atoms with Gasteiger partial charge in [0.2, 0.25) is 6.34 Å². The van der Waals surface area contributed by atoms with Crippen LogP contribution in [-0.4, -0.2) is 75.5 Å². The van der Waals surface area contributed by atoms with Gasteiger partial charge in [0, 0.05) is 31.8 Å². The van der Waals surface area contributed by atoms with Gasteiger partial charge in [-0.05, 0) is 81.9 Å². The minimum atomic E-state index is -4.68. The van der Waals surface area contributed by atoms with Crippen molar-refractivity contribution in [3.8, 4) is 5.69 Å². The maximum absolute atomic E-state index is 14.4. The number of nitrogens with one attached hydrogen (secondary N) is 1. The van der Waals surface area contributed by atoms with Crippen LogP contribution in [0.3, 0.4) is 0 Å². The first-order valence-electron chi connectivity index (χ1n) is 15.4. The number of carbonyl (C=O) groups excluding carboxylic acids is 1. The van der Waals surface area contributed by atoms with Crippen molar-refractivity contribution >= 4 is 23.7 Å². The van der Waals surface area contributed by atoms with E-state index in [0.29, 0.717) is 56.2 Å². The standard InChI is InChI=1S/C33H41F3N6O4/c1-31(2,3)46-29(43)13-22-8-10-40(11-9-22)16-23-12-26(33(34,35)36)27-18-41(30(44)42(27)17-23)25-7-5-6-24(14-25)32(19-45-20-32)15-28(38)39(4)21-37/h5-7,12,14,17-18,21-22,37-38H,8-11,13,15-16,19-20H2,1-4H3/p+1. The number of piperidine rings is 1. The number of imidazole rings is 1. The van der Waals surface area contributed by atoms with Crippen molar-refractivity contribution in [2.75, 3.05) is 33.4 Å². The van der Waals surface area contributed by atoms with Gasteiger partial charge in [-0.25, -0.2) is 9.37 Å². The molecule has 13 heteroatoms. The molecule has 0 bridgehead atoms. The molecule has 0 atom stereocenters. The smallest absolute Gasteiger partial charge is 0.418 e. The van der Waals surface area contributed by atoms with E-state index >= 15 is 0 Å². The van der Waals surface area contributed by atoms with Gasteiger partial charge in [-0.15, -0.1) is 0 Å². The number of rotatable bonds is 9. The second-order valence-corrected chi connectivity index (χ2v) is 13.5. The number of nitrogens with zero attached hydrogens (tertiary/aromatic N) is 4. The molecule has 46 heavy (non-hydrogen) atoms. The van der Waals surface area contributed by atoms with Crippen molar-refractivity contribution in [2.24, 2.45) is 11.7 Å². The average molecular weight is 644 g/mol. The summed E-state index contributed by atoms with van der Waals surface area (Å²) in [7, 11) is 1.68. The number of pyridine rings is 1. The minimum Gasteiger partial charge on any atom is -0.460 e. The van der Waals surface area contributed by atoms with Gasteiger partial charge in [0.25, 0.3) is 0 Å². The number of benzene rings is 1. The van der Waals surface area contributed by atoms with Crippen LogP contribution >= 0.6 is 0 Å². The molecule has 3 N–H and O–H groups in total. The summed E-state index contributed by atoms with van der Waals surface area (Å²) in [6.07, 6.45) is 1.36. The second-order valence-electron chi connectivity index (χ2n) is 13.5. The van der Waals surface area contributed by atoms with Crippen LogP contribution in [0.5, 0.6) is 0 Å². The van der Waals surface area contributed by atoms with Crippen molar-refractivity contribution in [1.29, 1.82) is 5.41 Å². The Hall–Kier alpha value is -3.97. The molecule has 248 valence electrons. The zero-order valence-corrected chi connectivity index (χ0v) is 26.7. The Bertz CT molecular complexity index is 1710. The van der Waals surface area contributed by atoms with Crippen LogP contribution in [0.1, 0.15) is 63.1 Å². The van der Waals surface area contributed by atoms with E-state index in [2.05, 4.69) is 4.90 Å². The first kappa shape index (κ1) is 33.4. The molecule has 0 unspecified atom stereocenters. The topological polar surface area (TPSA) is 118 Å². The molecule has 0 radical (unpaired) electrons. The number of ether oxygens (including phenoxy) is 2. The Labute approximate surface area is 265 Å². The highest BCUT2D eigenvalue weighted by molar-refractivity contribution is 5.80. The number of amidine groups is 1. The first-order chi connectivity index (χ1) is 21.6. The van der Waals surface area contributed by atoms with Gasteiger partial charge in [-0.1, -0.05) is 12.1 Å². The zero-order valence-electron chi connectivity index (χ0n) is 26.7. The fraction of sp³-hybridized carbons (Fsp3) is 0.515. The van der Waals surface area contributed by atoms with E-state index in [1.54, 1.807) is 25.2 Å². The van der Waals surface area contributed by atoms with Gasteiger partial charge >= 0.3 is 17.8 Å². The van der Waals surface area contributed by atoms with E-state index in [-0.39, 0.29) is 23.9 Å². The van der Waals surface area contributed by atoms with Crippen molar-refractivity contribution < 1.29 is 32.0 Å². The average Bonchev–Trinajstić information content (AvgIpc) is 3.29. The molecule has 0 saturated carbocycles. The molecular weight excluding hydrogens is 601 g/mol. The molecule has 2 fully saturated rings. The summed E-state index contributed by atoms with van der Waals surface area (Å²) < 4.78 is 57.9. The molecule has 2 aliphatic rings. The number of esters is 1. The van der Waals surface area contributed by atoms with E-state index in [0.717, 1.165) is 35.2 Å². The largest absolute Gasteiger partial charge is 0.460 e. The summed E-state index contributed by atoms with van der Waals surface area (Å²) >= 11 is 0. The molecule has 0 aliphatic carbocycles. The van der Waals surface area contributed by atoms with Gasteiger partial charge in [0.15, 0.2) is 5.84 Å². The van der Waals surface area contributed by atoms with Gasteiger partial charge < -0.3 is 15.2 Å². The van der Waals surface area contributed by atoms with Gasteiger partial charge in [0.05, 0.1) is 42.4 Å². The van der Waals surface area contributed by atoms with Gasteiger partial charge in [-0.2, -0.15) is 18.6 Å². The summed E-state index contributed by atoms with van der Waals surface area (Å²) in [5, 5.41) is 7.48. The molecule has 10 nitrogen and oxygen atoms in total. The van der Waals surface area contributed by atoms with Crippen LogP contribution < -0.4 is 11.4 Å². The van der Waals surface area contributed by atoms with Crippen LogP contribution in [0.4, 0.5) is 13.2 Å². The predicted molar refractivity (Wildman–Crippen MR) is 168 cm³/mol. The maximum atomic E-state index is 14.4. The van der Waals surface area contributed by atoms with E-state index < -0.39 is 28.4 Å². The molecule has 4 heterocycles. The molecule has 2 aromatic heterocycles. The Morgan fingerprint density at radius 3 is 2.46 bits per heavy atom. The monoisotopic (exact) mass is 643 g/mol. The number of alkyl halides is 3. The van der Waals surface area contributed by atoms with Crippen LogP contribution in [0.25, 0.3) is 11.2 Å². The van der Waals surface area contributed by atoms with Crippen molar-refractivity contribution in [3.63, 3.8) is 0 Å². The minimum absolute atomic E-state index is 0.156. The molecule has 0 amide bonds. The van der Waals surface area contributed by atoms with E-state index in [1.807, 2.05) is 26.8 Å². The van der Waals surface area contributed by atoms with Crippen LogP contribution in [-0.2, 0) is 32.4 Å². The molecule has 2 aliphatic heterocycles. The highest BCUT2D eigenvalue weighted by Gasteiger charge is 2.42. The lowest BCUT2D eigenvalue weighted by atomic mass is 9.75. The third-order valence-corrected chi connectivity index (χ3v) is 8.78. The molecule has 0 spiro atoms. The first-order valence-corrected chi connectivity index (χ1v) is 15.4. The number of aromatic nitrogens is 2. The SMILES string of the molecule is C[N+](C=N)=C(N)CC1(c2cccc(-n3cc4c(C(F)(F)F)cc(CN5CCC(CC(=O)OC(C)(C)C)CC5)cn4c3=O)c2)COC1. The highest BCUT2D eigenvalue weighted by atomic mass is 19.4. The van der Waals surface area contributed by atoms with Crippen molar-refractivity contribution in [2.45, 2.75) is 70.2 Å². The number of halogens is 3. The lowest BCUT2D eigenvalue weighted by Crippen LogP contribution is -2.50. The van der Waals surface area contributed by atoms with Crippen molar-refractivity contribution in [1.82, 2.24) is 13.9 Å². The van der Waals surface area contributed by atoms with E-state index in [1.165, 1.54) is 21.5 Å². The summed E-state index contributed by atoms with van der Waals surface area (Å²) in [5.41, 5.74) is 5.12. The molecule has 5 rings (SSSR count). The molecular formula is C33H42F3N6O4+. The van der Waals surface area contributed by atoms with Gasteiger partial charge in [-0.3, -0.25) is 18.7 Å². The Kier molecular flexibility index (Phi) is 9.20. The van der Waals surface area contributed by atoms with E-state index in [9.17, 15) is 22.8 Å². The summed E-state index contributed by atoms with van der Waals surface area (Å²) in [5.74, 6) is 0.392. The number of fused-ring (bicyclic) bond motifs is 1. The van der Waals surface area contributed by atoms with Crippen LogP contribution in [0.2, 0.25) is 0 Å². The summed E-state index contributed by atoms with van der Waals surface area (Å²) in [4.78, 5) is 28.0. The number of carbonyl (C=O) groups is 1. The quantitative estimate of drug-likeness (QED) is 0.155. The summed E-state index contributed by atoms with van der Waals surface area (Å²) in [6.45, 7) is 7.74. The fourth-order valence-corrected chi connectivity index (χ4v) is 6.23. The number of hydrogen-bond acceptors (Lipinski definition) is 6. The van der Waals surface area contributed by atoms with Crippen LogP contribution in [0.15, 0.2) is 47.5 Å². The Morgan fingerprint density at radius 1 is 1.17 bits per heavy atom. The molecule has 2 saturated heterocycles. The van der Waals surface area contributed by atoms with Gasteiger partial charge in [0.1, 0.15) is 5.60 Å². The number of likely N-dealkylation sites (tertiary alicyclic amines) is 1. The summed E-state index contributed by atoms with van der Waals surface area (Å²) in [6, 6.07) is 8.25. The second kappa shape index (κ2) is 12.7. The lowest BCUT2D eigenvalue weighted by molar-refractivity contribution is -0.365. The van der Waals surface area contributed by atoms with Crippen molar-refractivity contribution in [3.05, 3.63) is 69.9 Å². The Balaban J connectivity index is 1.40. The third-order valence-electron chi connectivity index (χ3n) is 8.78. The normalized spacial score (nSPS) is 18.2. The number of hydrogen-bond donors (Lipinski definition) is 2. The molecule has 3 aromatic rings. The predicted octanol–water partition coefficient (Wildman–Crippen LogP) is 4.32. The van der Waals surface area contributed by atoms with Crippen LogP contribution in [0, 0.1) is 11.3 Å². The fourth-order valence-electron chi connectivity index (χ4n) is 6.23. The number of nitrogens with two attached hydrogens (primary N) is 1. The van der Waals surface area contributed by atoms with E-state index in [4.69, 9.17) is 20.6 Å².